The Hall–Kier alpha value is -0.120. The van der Waals surface area contributed by atoms with Gasteiger partial charge in [-0.3, -0.25) is 0 Å². The second kappa shape index (κ2) is 3.95. The van der Waals surface area contributed by atoms with Crippen LogP contribution in [-0.2, 0) is 4.74 Å². The molecule has 2 fully saturated rings. The summed E-state index contributed by atoms with van der Waals surface area (Å²) in [5.74, 6) is 0. The van der Waals surface area contributed by atoms with Crippen LogP contribution in [0.5, 0.6) is 0 Å². The highest BCUT2D eigenvalue weighted by Crippen LogP contribution is 2.15. The van der Waals surface area contributed by atoms with Crippen molar-refractivity contribution in [2.45, 2.75) is 38.0 Å². The highest BCUT2D eigenvalue weighted by Gasteiger charge is 2.28. The first-order chi connectivity index (χ1) is 6.25. The van der Waals surface area contributed by atoms with Crippen LogP contribution in [0.25, 0.3) is 0 Å². The summed E-state index contributed by atoms with van der Waals surface area (Å²) in [5.41, 5.74) is 0. The third-order valence-electron chi connectivity index (χ3n) is 3.22. The predicted molar refractivity (Wildman–Crippen MR) is 52.9 cm³/mol. The SMILES string of the molecule is C[C@@H]1OCC[C@H]1N[C@H]1CCN(C)C1. The van der Waals surface area contributed by atoms with Crippen molar-refractivity contribution in [3.05, 3.63) is 0 Å². The van der Waals surface area contributed by atoms with Crippen LogP contribution < -0.4 is 5.32 Å². The summed E-state index contributed by atoms with van der Waals surface area (Å²) in [7, 11) is 2.19. The molecule has 0 aromatic rings. The maximum absolute atomic E-state index is 5.53. The van der Waals surface area contributed by atoms with Gasteiger partial charge in [-0.2, -0.15) is 0 Å². The fraction of sp³-hybridized carbons (Fsp3) is 1.00. The third-order valence-corrected chi connectivity index (χ3v) is 3.22. The standard InChI is InChI=1S/C10H20N2O/c1-8-10(4-6-13-8)11-9-3-5-12(2)7-9/h8-11H,3-7H2,1-2H3/t8-,9-,10+/m0/s1. The summed E-state index contributed by atoms with van der Waals surface area (Å²) in [6.45, 7) is 5.54. The van der Waals surface area contributed by atoms with Gasteiger partial charge in [-0.15, -0.1) is 0 Å². The van der Waals surface area contributed by atoms with Crippen molar-refractivity contribution in [1.29, 1.82) is 0 Å². The highest BCUT2D eigenvalue weighted by molar-refractivity contribution is 4.87. The molecule has 2 aliphatic heterocycles. The number of rotatable bonds is 2. The Bertz CT molecular complexity index is 174. The minimum absolute atomic E-state index is 0.408. The van der Waals surface area contributed by atoms with Gasteiger partial charge < -0.3 is 15.0 Å². The van der Waals surface area contributed by atoms with E-state index in [0.29, 0.717) is 18.2 Å². The van der Waals surface area contributed by atoms with E-state index in [4.69, 9.17) is 4.74 Å². The normalized spacial score (nSPS) is 41.5. The average molecular weight is 184 g/mol. The number of ether oxygens (including phenoxy) is 1. The Balaban J connectivity index is 1.77. The molecule has 2 heterocycles. The number of hydrogen-bond acceptors (Lipinski definition) is 3. The van der Waals surface area contributed by atoms with Crippen molar-refractivity contribution in [2.75, 3.05) is 26.7 Å². The number of likely N-dealkylation sites (N-methyl/N-ethyl adjacent to an activating group) is 1. The van der Waals surface area contributed by atoms with Crippen molar-refractivity contribution >= 4 is 0 Å². The lowest BCUT2D eigenvalue weighted by Gasteiger charge is -2.21. The van der Waals surface area contributed by atoms with E-state index in [1.807, 2.05) is 0 Å². The molecule has 0 saturated carbocycles. The minimum Gasteiger partial charge on any atom is -0.377 e. The van der Waals surface area contributed by atoms with E-state index in [0.717, 1.165) is 6.61 Å². The zero-order valence-corrected chi connectivity index (χ0v) is 8.62. The smallest absolute Gasteiger partial charge is 0.0700 e. The molecular formula is C10H20N2O. The van der Waals surface area contributed by atoms with Gasteiger partial charge in [0.05, 0.1) is 6.10 Å². The summed E-state index contributed by atoms with van der Waals surface area (Å²) in [6.07, 6.45) is 2.88. The zero-order chi connectivity index (χ0) is 9.26. The molecule has 1 N–H and O–H groups in total. The molecule has 13 heavy (non-hydrogen) atoms. The van der Waals surface area contributed by atoms with E-state index in [-0.39, 0.29) is 0 Å². The van der Waals surface area contributed by atoms with Crippen molar-refractivity contribution < 1.29 is 4.74 Å². The largest absolute Gasteiger partial charge is 0.377 e. The van der Waals surface area contributed by atoms with E-state index in [2.05, 4.69) is 24.2 Å². The molecule has 76 valence electrons. The van der Waals surface area contributed by atoms with Crippen molar-refractivity contribution in [1.82, 2.24) is 10.2 Å². The highest BCUT2D eigenvalue weighted by atomic mass is 16.5. The summed E-state index contributed by atoms with van der Waals surface area (Å²) in [5, 5.41) is 3.69. The molecular weight excluding hydrogens is 164 g/mol. The summed E-state index contributed by atoms with van der Waals surface area (Å²) in [4.78, 5) is 2.39. The fourth-order valence-electron chi connectivity index (χ4n) is 2.32. The number of nitrogens with one attached hydrogen (secondary N) is 1. The lowest BCUT2D eigenvalue weighted by molar-refractivity contribution is 0.111. The Labute approximate surface area is 80.4 Å². The van der Waals surface area contributed by atoms with Gasteiger partial charge in [-0.25, -0.2) is 0 Å². The monoisotopic (exact) mass is 184 g/mol. The maximum Gasteiger partial charge on any atom is 0.0700 e. The van der Waals surface area contributed by atoms with E-state index < -0.39 is 0 Å². The lowest BCUT2D eigenvalue weighted by Crippen LogP contribution is -2.43. The molecule has 0 aromatic carbocycles. The van der Waals surface area contributed by atoms with Crippen LogP contribution in [0.2, 0.25) is 0 Å². The summed E-state index contributed by atoms with van der Waals surface area (Å²) in [6, 6.07) is 1.29. The van der Waals surface area contributed by atoms with Crippen LogP contribution in [0.4, 0.5) is 0 Å². The molecule has 0 amide bonds. The fourth-order valence-corrected chi connectivity index (χ4v) is 2.32. The van der Waals surface area contributed by atoms with Crippen molar-refractivity contribution in [3.8, 4) is 0 Å². The van der Waals surface area contributed by atoms with Gasteiger partial charge in [0.25, 0.3) is 0 Å². The maximum atomic E-state index is 5.53. The first-order valence-electron chi connectivity index (χ1n) is 5.32. The second-order valence-corrected chi connectivity index (χ2v) is 4.39. The zero-order valence-electron chi connectivity index (χ0n) is 8.62. The first-order valence-corrected chi connectivity index (χ1v) is 5.32. The first kappa shape index (κ1) is 9.44. The summed E-state index contributed by atoms with van der Waals surface area (Å²) >= 11 is 0. The molecule has 3 atom stereocenters. The molecule has 0 aromatic heterocycles. The van der Waals surface area contributed by atoms with Gasteiger partial charge in [-0.05, 0) is 33.4 Å². The molecule has 3 nitrogen and oxygen atoms in total. The van der Waals surface area contributed by atoms with Gasteiger partial charge >= 0.3 is 0 Å². The van der Waals surface area contributed by atoms with E-state index in [9.17, 15) is 0 Å². The Morgan fingerprint density at radius 1 is 1.38 bits per heavy atom. The van der Waals surface area contributed by atoms with Crippen LogP contribution in [0, 0.1) is 0 Å². The van der Waals surface area contributed by atoms with E-state index >= 15 is 0 Å². The van der Waals surface area contributed by atoms with E-state index in [1.165, 1.54) is 25.9 Å². The van der Waals surface area contributed by atoms with Crippen LogP contribution in [0.3, 0.4) is 0 Å². The Morgan fingerprint density at radius 2 is 2.23 bits per heavy atom. The third kappa shape index (κ3) is 2.22. The summed E-state index contributed by atoms with van der Waals surface area (Å²) < 4.78 is 5.53. The van der Waals surface area contributed by atoms with Crippen LogP contribution in [0.1, 0.15) is 19.8 Å². The van der Waals surface area contributed by atoms with Gasteiger partial charge in [0.15, 0.2) is 0 Å². The van der Waals surface area contributed by atoms with E-state index in [1.54, 1.807) is 0 Å². The molecule has 0 aliphatic carbocycles. The quantitative estimate of drug-likeness (QED) is 0.674. The van der Waals surface area contributed by atoms with Crippen LogP contribution >= 0.6 is 0 Å². The second-order valence-electron chi connectivity index (χ2n) is 4.39. The molecule has 2 rings (SSSR count). The molecule has 0 unspecified atom stereocenters. The van der Waals surface area contributed by atoms with Crippen molar-refractivity contribution in [3.63, 3.8) is 0 Å². The average Bonchev–Trinajstić information content (AvgIpc) is 2.64. The molecule has 3 heteroatoms. The lowest BCUT2D eigenvalue weighted by atomic mass is 10.1. The number of nitrogens with zero attached hydrogens (tertiary/aromatic N) is 1. The van der Waals surface area contributed by atoms with Gasteiger partial charge in [-0.1, -0.05) is 0 Å². The van der Waals surface area contributed by atoms with Gasteiger partial charge in [0.2, 0.25) is 0 Å². The number of hydrogen-bond donors (Lipinski definition) is 1. The van der Waals surface area contributed by atoms with Gasteiger partial charge in [0.1, 0.15) is 0 Å². The molecule has 2 saturated heterocycles. The molecule has 2 aliphatic rings. The van der Waals surface area contributed by atoms with Crippen LogP contribution in [0.15, 0.2) is 0 Å². The Kier molecular flexibility index (Phi) is 2.86. The molecule has 0 bridgehead atoms. The molecule has 0 spiro atoms. The van der Waals surface area contributed by atoms with Crippen LogP contribution in [-0.4, -0.2) is 49.8 Å². The topological polar surface area (TPSA) is 24.5 Å². The minimum atomic E-state index is 0.408. The molecule has 0 radical (unpaired) electrons. The predicted octanol–water partition coefficient (Wildman–Crippen LogP) is 0.458. The Morgan fingerprint density at radius 3 is 2.77 bits per heavy atom. The van der Waals surface area contributed by atoms with Gasteiger partial charge in [0, 0.05) is 25.2 Å². The number of likely N-dealkylation sites (tertiary alicyclic amines) is 1. The van der Waals surface area contributed by atoms with Crippen molar-refractivity contribution in [2.24, 2.45) is 0 Å².